The van der Waals surface area contributed by atoms with Gasteiger partial charge in [0, 0.05) is 51.0 Å². The van der Waals surface area contributed by atoms with Gasteiger partial charge >= 0.3 is 0 Å². The van der Waals surface area contributed by atoms with Gasteiger partial charge in [0.2, 0.25) is 0 Å². The summed E-state index contributed by atoms with van der Waals surface area (Å²) >= 11 is 0. The van der Waals surface area contributed by atoms with E-state index < -0.39 is 0 Å². The SMILES string of the molecule is CCCCN1CCN(c2cc(OC)c(N3CCOCC3)cc2C2CCC(C(C)(C)C)CC2)CC1. The zero-order valence-electron chi connectivity index (χ0n) is 22.6. The van der Waals surface area contributed by atoms with E-state index in [-0.39, 0.29) is 0 Å². The van der Waals surface area contributed by atoms with Crippen LogP contribution in [0.4, 0.5) is 11.4 Å². The molecule has 0 spiro atoms. The van der Waals surface area contributed by atoms with Crippen LogP contribution in [0.2, 0.25) is 0 Å². The highest BCUT2D eigenvalue weighted by Crippen LogP contribution is 2.47. The van der Waals surface area contributed by atoms with E-state index in [0.717, 1.165) is 51.1 Å². The van der Waals surface area contributed by atoms with Crippen molar-refractivity contribution in [3.05, 3.63) is 17.7 Å². The molecule has 1 saturated carbocycles. The molecule has 0 N–H and O–H groups in total. The quantitative estimate of drug-likeness (QED) is 0.503. The van der Waals surface area contributed by atoms with Crippen LogP contribution < -0.4 is 14.5 Å². The van der Waals surface area contributed by atoms with Gasteiger partial charge in [-0.05, 0) is 67.5 Å². The third kappa shape index (κ3) is 6.02. The molecular weight excluding hydrogens is 422 g/mol. The van der Waals surface area contributed by atoms with Crippen molar-refractivity contribution in [2.75, 3.05) is 75.9 Å². The van der Waals surface area contributed by atoms with Crippen LogP contribution in [0.3, 0.4) is 0 Å². The number of piperazine rings is 1. The van der Waals surface area contributed by atoms with Crippen molar-refractivity contribution in [2.45, 2.75) is 72.1 Å². The average Bonchev–Trinajstić information content (AvgIpc) is 2.87. The number of morpholine rings is 1. The van der Waals surface area contributed by atoms with E-state index in [0.29, 0.717) is 11.3 Å². The van der Waals surface area contributed by atoms with Gasteiger partial charge in [-0.3, -0.25) is 4.90 Å². The molecule has 0 unspecified atom stereocenters. The monoisotopic (exact) mass is 471 g/mol. The van der Waals surface area contributed by atoms with Crippen LogP contribution in [0.5, 0.6) is 5.75 Å². The smallest absolute Gasteiger partial charge is 0.144 e. The number of anilines is 2. The molecule has 2 saturated heterocycles. The number of benzene rings is 1. The number of ether oxygens (including phenoxy) is 2. The van der Waals surface area contributed by atoms with Crippen molar-refractivity contribution in [1.29, 1.82) is 0 Å². The van der Waals surface area contributed by atoms with Crippen LogP contribution in [0.25, 0.3) is 0 Å². The summed E-state index contributed by atoms with van der Waals surface area (Å²) in [6.45, 7) is 18.9. The molecule has 192 valence electrons. The molecule has 2 heterocycles. The lowest BCUT2D eigenvalue weighted by molar-refractivity contribution is 0.122. The van der Waals surface area contributed by atoms with Gasteiger partial charge in [0.25, 0.3) is 0 Å². The molecule has 0 radical (unpaired) electrons. The Morgan fingerprint density at radius 3 is 2.12 bits per heavy atom. The summed E-state index contributed by atoms with van der Waals surface area (Å²) in [4.78, 5) is 7.77. The lowest BCUT2D eigenvalue weighted by Crippen LogP contribution is -2.47. The maximum Gasteiger partial charge on any atom is 0.144 e. The highest BCUT2D eigenvalue weighted by atomic mass is 16.5. The van der Waals surface area contributed by atoms with Crippen molar-refractivity contribution in [2.24, 2.45) is 11.3 Å². The molecule has 1 aromatic rings. The largest absolute Gasteiger partial charge is 0.495 e. The number of methoxy groups -OCH3 is 1. The highest BCUT2D eigenvalue weighted by Gasteiger charge is 2.33. The topological polar surface area (TPSA) is 28.2 Å². The second-order valence-electron chi connectivity index (χ2n) is 11.8. The van der Waals surface area contributed by atoms with Crippen LogP contribution >= 0.6 is 0 Å². The molecule has 0 bridgehead atoms. The first-order valence-electron chi connectivity index (χ1n) is 13.9. The summed E-state index contributed by atoms with van der Waals surface area (Å²) in [7, 11) is 1.83. The lowest BCUT2D eigenvalue weighted by atomic mass is 9.68. The molecule has 5 heteroatoms. The summed E-state index contributed by atoms with van der Waals surface area (Å²) in [5.41, 5.74) is 4.69. The van der Waals surface area contributed by atoms with Crippen molar-refractivity contribution in [3.63, 3.8) is 0 Å². The van der Waals surface area contributed by atoms with Gasteiger partial charge in [-0.25, -0.2) is 0 Å². The molecule has 1 aromatic carbocycles. The minimum absolute atomic E-state index is 0.418. The zero-order chi connectivity index (χ0) is 24.1. The maximum absolute atomic E-state index is 5.99. The standard InChI is InChI=1S/C29H49N3O2/c1-6-7-12-30-13-15-31(16-14-30)26-22-28(33-5)27(32-17-19-34-20-18-32)21-25(26)23-8-10-24(11-9-23)29(2,3)4/h21-24H,6-20H2,1-5H3. The van der Waals surface area contributed by atoms with Gasteiger partial charge in [0.15, 0.2) is 0 Å². The fourth-order valence-corrected chi connectivity index (χ4v) is 6.25. The van der Waals surface area contributed by atoms with Crippen molar-refractivity contribution < 1.29 is 9.47 Å². The Morgan fingerprint density at radius 2 is 1.53 bits per heavy atom. The minimum atomic E-state index is 0.418. The van der Waals surface area contributed by atoms with E-state index in [4.69, 9.17) is 9.47 Å². The van der Waals surface area contributed by atoms with E-state index in [1.807, 2.05) is 7.11 Å². The molecular formula is C29H49N3O2. The summed E-state index contributed by atoms with van der Waals surface area (Å²) < 4.78 is 11.6. The molecule has 2 aliphatic heterocycles. The van der Waals surface area contributed by atoms with Gasteiger partial charge in [0.05, 0.1) is 26.0 Å². The third-order valence-electron chi connectivity index (χ3n) is 8.61. The number of hydrogen-bond donors (Lipinski definition) is 0. The van der Waals surface area contributed by atoms with E-state index in [2.05, 4.69) is 54.5 Å². The minimum Gasteiger partial charge on any atom is -0.495 e. The molecule has 0 atom stereocenters. The van der Waals surface area contributed by atoms with Crippen molar-refractivity contribution in [1.82, 2.24) is 4.90 Å². The van der Waals surface area contributed by atoms with E-state index in [9.17, 15) is 0 Å². The Morgan fingerprint density at radius 1 is 0.882 bits per heavy atom. The van der Waals surface area contributed by atoms with E-state index in [1.54, 1.807) is 5.56 Å². The summed E-state index contributed by atoms with van der Waals surface area (Å²) in [5.74, 6) is 2.51. The van der Waals surface area contributed by atoms with Crippen molar-refractivity contribution >= 4 is 11.4 Å². The first-order chi connectivity index (χ1) is 16.4. The first kappa shape index (κ1) is 25.6. The third-order valence-corrected chi connectivity index (χ3v) is 8.61. The Hall–Kier alpha value is -1.46. The number of rotatable bonds is 7. The maximum atomic E-state index is 5.99. The van der Waals surface area contributed by atoms with Gasteiger partial charge in [-0.15, -0.1) is 0 Å². The first-order valence-corrected chi connectivity index (χ1v) is 13.9. The molecule has 0 aromatic heterocycles. The zero-order valence-corrected chi connectivity index (χ0v) is 22.6. The van der Waals surface area contributed by atoms with Gasteiger partial charge in [-0.1, -0.05) is 34.1 Å². The van der Waals surface area contributed by atoms with Crippen molar-refractivity contribution in [3.8, 4) is 5.75 Å². The molecule has 1 aliphatic carbocycles. The van der Waals surface area contributed by atoms with Crippen LogP contribution in [0, 0.1) is 11.3 Å². The molecule has 34 heavy (non-hydrogen) atoms. The molecule has 4 rings (SSSR count). The van der Waals surface area contributed by atoms with Gasteiger partial charge in [-0.2, -0.15) is 0 Å². The fourth-order valence-electron chi connectivity index (χ4n) is 6.25. The summed E-state index contributed by atoms with van der Waals surface area (Å²) in [5, 5.41) is 0. The van der Waals surface area contributed by atoms with Gasteiger partial charge in [0.1, 0.15) is 5.75 Å². The Kier molecular flexibility index (Phi) is 8.68. The summed E-state index contributed by atoms with van der Waals surface area (Å²) in [6.07, 6.45) is 7.89. The van der Waals surface area contributed by atoms with Crippen LogP contribution in [-0.2, 0) is 4.74 Å². The normalized spacial score (nSPS) is 25.0. The Labute approximate surface area is 208 Å². The van der Waals surface area contributed by atoms with Crippen LogP contribution in [0.15, 0.2) is 12.1 Å². The van der Waals surface area contributed by atoms with Crippen LogP contribution in [-0.4, -0.2) is 71.0 Å². The molecule has 3 fully saturated rings. The number of nitrogens with zero attached hydrogens (tertiary/aromatic N) is 3. The Bertz CT molecular complexity index is 768. The predicted molar refractivity (Wildman–Crippen MR) is 144 cm³/mol. The predicted octanol–water partition coefficient (Wildman–Crippen LogP) is 5.77. The molecule has 0 amide bonds. The fraction of sp³-hybridized carbons (Fsp3) is 0.793. The van der Waals surface area contributed by atoms with E-state index in [1.165, 1.54) is 69.5 Å². The van der Waals surface area contributed by atoms with E-state index >= 15 is 0 Å². The second-order valence-corrected chi connectivity index (χ2v) is 11.8. The summed E-state index contributed by atoms with van der Waals surface area (Å²) in [6, 6.07) is 4.88. The van der Waals surface area contributed by atoms with Crippen LogP contribution in [0.1, 0.15) is 77.7 Å². The average molecular weight is 472 g/mol. The number of hydrogen-bond acceptors (Lipinski definition) is 5. The second kappa shape index (κ2) is 11.5. The van der Waals surface area contributed by atoms with Gasteiger partial charge < -0.3 is 19.3 Å². The number of unbranched alkanes of at least 4 members (excludes halogenated alkanes) is 1. The lowest BCUT2D eigenvalue weighted by Gasteiger charge is -2.41. The highest BCUT2D eigenvalue weighted by molar-refractivity contribution is 5.71. The molecule has 5 nitrogen and oxygen atoms in total. The molecule has 3 aliphatic rings. The Balaban J connectivity index is 1.60.